The number of carbonyl (C=O) groups excluding carboxylic acids is 1. The van der Waals surface area contributed by atoms with Gasteiger partial charge < -0.3 is 15.4 Å². The quantitative estimate of drug-likeness (QED) is 0.714. The third kappa shape index (κ3) is 3.94. The second-order valence-electron chi connectivity index (χ2n) is 5.34. The first-order valence-corrected chi connectivity index (χ1v) is 7.69. The van der Waals surface area contributed by atoms with Crippen molar-refractivity contribution >= 4 is 23.1 Å². The van der Waals surface area contributed by atoms with Crippen molar-refractivity contribution in [2.75, 3.05) is 17.7 Å². The summed E-state index contributed by atoms with van der Waals surface area (Å²) in [6, 6.07) is 13.5. The topological polar surface area (TPSA) is 63.2 Å². The van der Waals surface area contributed by atoms with Gasteiger partial charge >= 0.3 is 0 Å². The molecule has 0 spiro atoms. The lowest BCUT2D eigenvalue weighted by Gasteiger charge is -2.10. The molecule has 5 nitrogen and oxygen atoms in total. The number of halogens is 2. The average Bonchev–Trinajstić information content (AvgIpc) is 2.65. The van der Waals surface area contributed by atoms with Crippen molar-refractivity contribution in [2.24, 2.45) is 0 Å². The van der Waals surface area contributed by atoms with Crippen LogP contribution in [0.15, 0.2) is 60.8 Å². The molecule has 1 aromatic heterocycles. The molecule has 3 rings (SSSR count). The van der Waals surface area contributed by atoms with E-state index in [1.165, 1.54) is 24.4 Å². The highest BCUT2D eigenvalue weighted by atomic mass is 19.1. The lowest BCUT2D eigenvalue weighted by Crippen LogP contribution is -2.14. The molecule has 0 saturated carbocycles. The number of anilines is 3. The summed E-state index contributed by atoms with van der Waals surface area (Å²) >= 11 is 0. The van der Waals surface area contributed by atoms with Gasteiger partial charge in [0.05, 0.1) is 7.11 Å². The molecule has 0 fully saturated rings. The molecule has 132 valence electrons. The zero-order chi connectivity index (χ0) is 18.5. The predicted octanol–water partition coefficient (Wildman–Crippen LogP) is 4.36. The lowest BCUT2D eigenvalue weighted by atomic mass is 10.2. The highest BCUT2D eigenvalue weighted by molar-refractivity contribution is 6.04. The minimum absolute atomic E-state index is 0.202. The summed E-state index contributed by atoms with van der Waals surface area (Å²) in [4.78, 5) is 16.4. The van der Waals surface area contributed by atoms with Gasteiger partial charge in [-0.1, -0.05) is 12.1 Å². The highest BCUT2D eigenvalue weighted by Gasteiger charge is 2.14. The Labute approximate surface area is 148 Å². The number of ether oxygens (including phenoxy) is 1. The highest BCUT2D eigenvalue weighted by Crippen LogP contribution is 2.22. The number of nitrogens with one attached hydrogen (secondary N) is 2. The Balaban J connectivity index is 1.79. The van der Waals surface area contributed by atoms with Gasteiger partial charge in [-0.2, -0.15) is 0 Å². The summed E-state index contributed by atoms with van der Waals surface area (Å²) in [5, 5.41) is 5.28. The molecule has 1 heterocycles. The Morgan fingerprint density at radius 3 is 2.50 bits per heavy atom. The van der Waals surface area contributed by atoms with Crippen molar-refractivity contribution < 1.29 is 18.3 Å². The largest absolute Gasteiger partial charge is 0.497 e. The third-order valence-electron chi connectivity index (χ3n) is 3.57. The number of hydrogen-bond acceptors (Lipinski definition) is 4. The summed E-state index contributed by atoms with van der Waals surface area (Å²) in [5.41, 5.74) is 0.430. The van der Waals surface area contributed by atoms with E-state index in [2.05, 4.69) is 15.6 Å². The standard InChI is InChI=1S/C19H15F2N3O2/c1-26-14-5-2-4-13(11-14)23-17-10-12(8-9-22-17)19(25)24-18-15(20)6-3-7-16(18)21/h2-11H,1H3,(H,22,23)(H,24,25). The molecule has 0 radical (unpaired) electrons. The van der Waals surface area contributed by atoms with Crippen LogP contribution in [0.2, 0.25) is 0 Å². The van der Waals surface area contributed by atoms with Gasteiger partial charge in [0.1, 0.15) is 28.9 Å². The number of carbonyl (C=O) groups is 1. The minimum Gasteiger partial charge on any atom is -0.497 e. The molecule has 0 aliphatic rings. The number of amides is 1. The van der Waals surface area contributed by atoms with Crippen LogP contribution in [-0.4, -0.2) is 18.0 Å². The zero-order valence-electron chi connectivity index (χ0n) is 13.8. The number of rotatable bonds is 5. The van der Waals surface area contributed by atoms with Crippen molar-refractivity contribution in [3.05, 3.63) is 78.0 Å². The van der Waals surface area contributed by atoms with Gasteiger partial charge in [0.2, 0.25) is 0 Å². The first-order valence-electron chi connectivity index (χ1n) is 7.69. The lowest BCUT2D eigenvalue weighted by molar-refractivity contribution is 0.102. The summed E-state index contributed by atoms with van der Waals surface area (Å²) in [7, 11) is 1.56. The molecule has 3 aromatic rings. The second kappa shape index (κ2) is 7.60. The molecule has 0 saturated heterocycles. The fourth-order valence-corrected chi connectivity index (χ4v) is 2.29. The van der Waals surface area contributed by atoms with Gasteiger partial charge in [-0.25, -0.2) is 13.8 Å². The second-order valence-corrected chi connectivity index (χ2v) is 5.34. The number of aromatic nitrogens is 1. The first-order chi connectivity index (χ1) is 12.6. The van der Waals surface area contributed by atoms with E-state index >= 15 is 0 Å². The van der Waals surface area contributed by atoms with Crippen molar-refractivity contribution in [1.82, 2.24) is 4.98 Å². The fourth-order valence-electron chi connectivity index (χ4n) is 2.29. The number of nitrogens with zero attached hydrogens (tertiary/aromatic N) is 1. The maximum atomic E-state index is 13.7. The van der Waals surface area contributed by atoms with Crippen molar-refractivity contribution in [3.8, 4) is 5.75 Å². The van der Waals surface area contributed by atoms with E-state index in [1.807, 2.05) is 6.07 Å². The summed E-state index contributed by atoms with van der Waals surface area (Å²) in [6.45, 7) is 0. The summed E-state index contributed by atoms with van der Waals surface area (Å²) in [6.07, 6.45) is 1.43. The van der Waals surface area contributed by atoms with Gasteiger partial charge in [-0.3, -0.25) is 4.79 Å². The third-order valence-corrected chi connectivity index (χ3v) is 3.57. The number of pyridine rings is 1. The number of para-hydroxylation sites is 1. The SMILES string of the molecule is COc1cccc(Nc2cc(C(=O)Nc3c(F)cccc3F)ccn2)c1. The van der Waals surface area contributed by atoms with Crippen LogP contribution in [0.1, 0.15) is 10.4 Å². The Hall–Kier alpha value is -3.48. The van der Waals surface area contributed by atoms with E-state index in [9.17, 15) is 13.6 Å². The maximum absolute atomic E-state index is 13.7. The minimum atomic E-state index is -0.845. The Morgan fingerprint density at radius 1 is 1.04 bits per heavy atom. The van der Waals surface area contributed by atoms with Crippen molar-refractivity contribution in [3.63, 3.8) is 0 Å². The first kappa shape index (κ1) is 17.3. The smallest absolute Gasteiger partial charge is 0.256 e. The molecule has 0 unspecified atom stereocenters. The molecule has 7 heteroatoms. The van der Waals surface area contributed by atoms with Crippen LogP contribution in [0.25, 0.3) is 0 Å². The average molecular weight is 355 g/mol. The number of benzene rings is 2. The van der Waals surface area contributed by atoms with E-state index in [-0.39, 0.29) is 5.56 Å². The molecule has 0 atom stereocenters. The van der Waals surface area contributed by atoms with Crippen LogP contribution in [-0.2, 0) is 0 Å². The molecule has 0 aliphatic heterocycles. The normalized spacial score (nSPS) is 10.3. The van der Waals surface area contributed by atoms with Crippen LogP contribution in [0.5, 0.6) is 5.75 Å². The zero-order valence-corrected chi connectivity index (χ0v) is 13.8. The molecule has 2 aromatic carbocycles. The molecule has 1 amide bonds. The molecular formula is C19H15F2N3O2. The van der Waals surface area contributed by atoms with Gasteiger partial charge in [0, 0.05) is 23.5 Å². The van der Waals surface area contributed by atoms with E-state index in [0.29, 0.717) is 11.6 Å². The van der Waals surface area contributed by atoms with E-state index < -0.39 is 23.2 Å². The molecule has 0 bridgehead atoms. The molecule has 0 aliphatic carbocycles. The van der Waals surface area contributed by atoms with Gasteiger partial charge in [-0.15, -0.1) is 0 Å². The number of hydrogen-bond donors (Lipinski definition) is 2. The van der Waals surface area contributed by atoms with Crippen molar-refractivity contribution in [1.29, 1.82) is 0 Å². The van der Waals surface area contributed by atoms with E-state index in [1.54, 1.807) is 25.3 Å². The fraction of sp³-hybridized carbons (Fsp3) is 0.0526. The van der Waals surface area contributed by atoms with Gasteiger partial charge in [0.25, 0.3) is 5.91 Å². The predicted molar refractivity (Wildman–Crippen MR) is 94.8 cm³/mol. The van der Waals surface area contributed by atoms with Gasteiger partial charge in [0.15, 0.2) is 0 Å². The Kier molecular flexibility index (Phi) is 5.07. The Bertz CT molecular complexity index is 927. The van der Waals surface area contributed by atoms with Crippen LogP contribution in [0, 0.1) is 11.6 Å². The number of methoxy groups -OCH3 is 1. The summed E-state index contributed by atoms with van der Waals surface area (Å²) < 4.78 is 32.5. The molecule has 26 heavy (non-hydrogen) atoms. The summed E-state index contributed by atoms with van der Waals surface area (Å²) in [5.74, 6) is -1.27. The maximum Gasteiger partial charge on any atom is 0.256 e. The van der Waals surface area contributed by atoms with Crippen LogP contribution >= 0.6 is 0 Å². The Morgan fingerprint density at radius 2 is 1.77 bits per heavy atom. The molecular weight excluding hydrogens is 340 g/mol. The monoisotopic (exact) mass is 355 g/mol. The van der Waals surface area contributed by atoms with E-state index in [4.69, 9.17) is 4.74 Å². The molecule has 2 N–H and O–H groups in total. The van der Waals surface area contributed by atoms with Crippen LogP contribution in [0.4, 0.5) is 26.0 Å². The van der Waals surface area contributed by atoms with E-state index in [0.717, 1.165) is 17.8 Å². The van der Waals surface area contributed by atoms with Crippen LogP contribution < -0.4 is 15.4 Å². The van der Waals surface area contributed by atoms with Crippen LogP contribution in [0.3, 0.4) is 0 Å². The van der Waals surface area contributed by atoms with Gasteiger partial charge in [-0.05, 0) is 36.4 Å². The van der Waals surface area contributed by atoms with Crippen molar-refractivity contribution in [2.45, 2.75) is 0 Å².